The van der Waals surface area contributed by atoms with E-state index < -0.39 is 30.3 Å². The van der Waals surface area contributed by atoms with Gasteiger partial charge in [0.15, 0.2) is 12.2 Å². The second-order valence-electron chi connectivity index (χ2n) is 14.1. The minimum absolute atomic E-state index is 0.235. The number of carbonyl (C=O) groups excluding carboxylic acids is 1. The van der Waals surface area contributed by atoms with Gasteiger partial charge in [-0.1, -0.05) is 53.0 Å². The molecule has 0 radical (unpaired) electrons. The van der Waals surface area contributed by atoms with Crippen molar-refractivity contribution in [3.05, 3.63) is 96.1 Å². The molecule has 14 heteroatoms. The fourth-order valence-corrected chi connectivity index (χ4v) is 10.8. The van der Waals surface area contributed by atoms with Gasteiger partial charge in [-0.3, -0.25) is 4.79 Å². The predicted molar refractivity (Wildman–Crippen MR) is 214 cm³/mol. The number of nitrogens with zero attached hydrogens (tertiary/aromatic N) is 1. The molecule has 1 amide bonds. The van der Waals surface area contributed by atoms with Crippen LogP contribution in [0.3, 0.4) is 0 Å². The van der Waals surface area contributed by atoms with Gasteiger partial charge in [-0.25, -0.2) is 4.79 Å². The van der Waals surface area contributed by atoms with E-state index in [1.807, 2.05) is 48.5 Å². The summed E-state index contributed by atoms with van der Waals surface area (Å²) < 4.78 is 19.2. The van der Waals surface area contributed by atoms with Crippen molar-refractivity contribution >= 4 is 89.5 Å². The zero-order chi connectivity index (χ0) is 37.5. The number of carboxylic acid groups (broad SMARTS) is 1. The number of halogens is 3. The van der Waals surface area contributed by atoms with Gasteiger partial charge >= 0.3 is 5.97 Å². The number of aliphatic carboxylic acids is 1. The first-order valence-corrected chi connectivity index (χ1v) is 20.9. The minimum Gasteiger partial charge on any atom is -0.489 e. The topological polar surface area (TPSA) is 118 Å². The van der Waals surface area contributed by atoms with E-state index in [0.29, 0.717) is 46.1 Å². The summed E-state index contributed by atoms with van der Waals surface area (Å²) in [5, 5.41) is 27.7. The highest BCUT2D eigenvalue weighted by Crippen LogP contribution is 2.42. The predicted octanol–water partition coefficient (Wildman–Crippen LogP) is 8.93. The number of likely N-dealkylation sites (tertiary alicyclic amines) is 1. The van der Waals surface area contributed by atoms with E-state index in [1.54, 1.807) is 17.4 Å². The molecule has 2 fully saturated rings. The van der Waals surface area contributed by atoms with Gasteiger partial charge in [0.05, 0.1) is 30.4 Å². The molecular weight excluding hydrogens is 791 g/mol. The van der Waals surface area contributed by atoms with E-state index in [-0.39, 0.29) is 12.0 Å². The summed E-state index contributed by atoms with van der Waals surface area (Å²) in [7, 11) is 0. The van der Waals surface area contributed by atoms with Crippen LogP contribution in [0.4, 0.5) is 0 Å². The Morgan fingerprint density at radius 3 is 2.02 bits per heavy atom. The van der Waals surface area contributed by atoms with E-state index in [4.69, 9.17) is 54.1 Å². The van der Waals surface area contributed by atoms with Crippen LogP contribution in [0, 0.1) is 0 Å². The second-order valence-corrected chi connectivity index (χ2v) is 17.5. The van der Waals surface area contributed by atoms with Crippen molar-refractivity contribution in [2.75, 3.05) is 32.8 Å². The zero-order valence-corrected chi connectivity index (χ0v) is 33.1. The molecule has 2 unspecified atom stereocenters. The molecule has 5 aromatic rings. The smallest absolute Gasteiger partial charge is 0.338 e. The Labute approximate surface area is 335 Å². The van der Waals surface area contributed by atoms with Crippen LogP contribution in [0.25, 0.3) is 20.2 Å². The fraction of sp³-hybridized carbons (Fsp3) is 0.400. The summed E-state index contributed by atoms with van der Waals surface area (Å²) in [6.07, 6.45) is 3.62. The number of rotatable bonds is 9. The molecule has 9 nitrogen and oxygen atoms in total. The van der Waals surface area contributed by atoms with Gasteiger partial charge in [0.2, 0.25) is 0 Å². The first-order chi connectivity index (χ1) is 26.1. The Balaban J connectivity index is 0.000000202. The molecule has 1 saturated carbocycles. The van der Waals surface area contributed by atoms with Gasteiger partial charge in [0.25, 0.3) is 5.91 Å². The highest BCUT2D eigenvalue weighted by Gasteiger charge is 2.35. The lowest BCUT2D eigenvalue weighted by Crippen LogP contribution is -2.48. The number of carbonyl (C=O) groups is 2. The fourth-order valence-electron chi connectivity index (χ4n) is 7.43. The van der Waals surface area contributed by atoms with E-state index in [1.165, 1.54) is 11.3 Å². The third-order valence-corrected chi connectivity index (χ3v) is 13.5. The molecule has 3 N–H and O–H groups in total. The van der Waals surface area contributed by atoms with E-state index in [0.717, 1.165) is 92.7 Å². The Morgan fingerprint density at radius 2 is 1.44 bits per heavy atom. The maximum atomic E-state index is 13.6. The molecule has 4 atom stereocenters. The number of hydrogen-bond acceptors (Lipinski definition) is 9. The summed E-state index contributed by atoms with van der Waals surface area (Å²) in [4.78, 5) is 28.8. The zero-order valence-electron chi connectivity index (χ0n) is 29.2. The Morgan fingerprint density at radius 1 is 0.852 bits per heavy atom. The molecule has 5 heterocycles. The maximum Gasteiger partial charge on any atom is 0.338 e. The van der Waals surface area contributed by atoms with Crippen LogP contribution in [0.5, 0.6) is 5.75 Å². The van der Waals surface area contributed by atoms with Gasteiger partial charge < -0.3 is 34.6 Å². The summed E-state index contributed by atoms with van der Waals surface area (Å²) in [6, 6.07) is 16.4. The maximum absolute atomic E-state index is 13.6. The number of amides is 1. The van der Waals surface area contributed by atoms with Crippen molar-refractivity contribution in [1.82, 2.24) is 10.2 Å². The number of thiophene rings is 2. The van der Waals surface area contributed by atoms with Crippen LogP contribution < -0.4 is 10.1 Å². The summed E-state index contributed by atoms with van der Waals surface area (Å²) >= 11 is 21.7. The lowest BCUT2D eigenvalue weighted by atomic mass is 9.99. The number of hydrogen-bond donors (Lipinski definition) is 3. The molecule has 0 bridgehead atoms. The number of carboxylic acids is 1. The number of fused-ring (bicyclic) bond motifs is 6. The Hall–Kier alpha value is -2.97. The number of nitrogens with one attached hydrogen (secondary N) is 1. The monoisotopic (exact) mass is 828 g/mol. The van der Waals surface area contributed by atoms with E-state index in [9.17, 15) is 14.7 Å². The van der Waals surface area contributed by atoms with Crippen molar-refractivity contribution in [2.45, 2.75) is 69.0 Å². The molecular formula is C40H39Cl3N2O7S2. The van der Waals surface area contributed by atoms with Gasteiger partial charge in [-0.05, 0) is 115 Å². The van der Waals surface area contributed by atoms with E-state index >= 15 is 0 Å². The van der Waals surface area contributed by atoms with E-state index in [2.05, 4.69) is 10.2 Å². The molecule has 54 heavy (non-hydrogen) atoms. The molecule has 3 aromatic carbocycles. The normalized spacial score (nSPS) is 20.8. The SMILES string of the molecule is O=C(N[C@H](CN1CCCC1)[C@H](O)c1ccc(OC2CC2)c(Cl)c1)C1OCCc2c1sc1cc(Cl)ccc21.O=C(O)C1OCCc2c1sc1cc(Cl)ccc21. The molecule has 284 valence electrons. The first-order valence-electron chi connectivity index (χ1n) is 18.2. The molecule has 1 saturated heterocycles. The average molecular weight is 830 g/mol. The van der Waals surface area contributed by atoms with Crippen LogP contribution in [-0.4, -0.2) is 72.0 Å². The average Bonchev–Trinajstić information content (AvgIpc) is 3.50. The van der Waals surface area contributed by atoms with Gasteiger partial charge in [0.1, 0.15) is 11.9 Å². The number of aliphatic hydroxyl groups excluding tert-OH is 1. The lowest BCUT2D eigenvalue weighted by molar-refractivity contribution is -0.151. The summed E-state index contributed by atoms with van der Waals surface area (Å²) in [5.74, 6) is -0.529. The summed E-state index contributed by atoms with van der Waals surface area (Å²) in [5.41, 5.74) is 2.90. The van der Waals surface area contributed by atoms with Crippen molar-refractivity contribution in [3.8, 4) is 5.75 Å². The number of ether oxygens (including phenoxy) is 3. The molecule has 3 aliphatic heterocycles. The third-order valence-electron chi connectivity index (χ3n) is 10.3. The highest BCUT2D eigenvalue weighted by atomic mass is 35.5. The van der Waals surface area contributed by atoms with Crippen LogP contribution in [0.2, 0.25) is 15.1 Å². The lowest BCUT2D eigenvalue weighted by Gasteiger charge is -2.31. The third kappa shape index (κ3) is 8.12. The molecule has 9 rings (SSSR count). The van der Waals surface area contributed by atoms with Crippen molar-refractivity contribution < 1.29 is 34.0 Å². The van der Waals surface area contributed by atoms with Crippen LogP contribution >= 0.6 is 57.5 Å². The van der Waals surface area contributed by atoms with Crippen molar-refractivity contribution in [2.24, 2.45) is 0 Å². The second kappa shape index (κ2) is 16.3. The molecule has 2 aromatic heterocycles. The summed E-state index contributed by atoms with van der Waals surface area (Å²) in [6.45, 7) is 3.38. The van der Waals surface area contributed by atoms with Crippen LogP contribution in [0.15, 0.2) is 54.6 Å². The number of benzene rings is 3. The van der Waals surface area contributed by atoms with Crippen molar-refractivity contribution in [3.63, 3.8) is 0 Å². The van der Waals surface area contributed by atoms with Crippen LogP contribution in [-0.2, 0) is 31.9 Å². The molecule has 0 spiro atoms. The van der Waals surface area contributed by atoms with Crippen LogP contribution in [0.1, 0.15) is 70.4 Å². The Bertz CT molecular complexity index is 2200. The highest BCUT2D eigenvalue weighted by molar-refractivity contribution is 7.19. The first kappa shape index (κ1) is 37.9. The Kier molecular flexibility index (Phi) is 11.4. The molecule has 4 aliphatic rings. The standard InChI is InChI=1S/C28H30Cl2N2O4S.C12H9ClO3S/c29-17-4-7-19-20-9-12-35-26(27(20)37-24(19)14-17)28(34)31-22(15-32-10-1-2-11-32)25(33)16-3-8-23(21(30)13-16)36-18-5-6-18;13-6-1-2-7-8-3-4-16-10(12(14)15)11(8)17-9(7)5-6/h3-4,7-8,13-14,18,22,25-26,33H,1-2,5-6,9-12,15H2,(H,31,34);1-2,5,10H,3-4H2,(H,14,15)/t22-,25-,26?;/m1./s1. The van der Waals surface area contributed by atoms with Gasteiger partial charge in [-0.15, -0.1) is 22.7 Å². The number of aliphatic hydroxyl groups is 1. The minimum atomic E-state index is -0.929. The van der Waals surface area contributed by atoms with Crippen molar-refractivity contribution in [1.29, 1.82) is 0 Å². The molecule has 1 aliphatic carbocycles. The van der Waals surface area contributed by atoms with Gasteiger partial charge in [-0.2, -0.15) is 0 Å². The van der Waals surface area contributed by atoms with Gasteiger partial charge in [0, 0.05) is 35.7 Å². The quantitative estimate of drug-likeness (QED) is 0.135. The largest absolute Gasteiger partial charge is 0.489 e.